The van der Waals surface area contributed by atoms with Crippen LogP contribution in [0.2, 0.25) is 0 Å². The Hall–Kier alpha value is -5.97. The first kappa shape index (κ1) is 37.9. The summed E-state index contributed by atoms with van der Waals surface area (Å²) in [6.45, 7) is 1.68. The minimum atomic E-state index is -4.91. The summed E-state index contributed by atoms with van der Waals surface area (Å²) in [5.41, 5.74) is 0.348. The maximum absolute atomic E-state index is 14.7. The standard InChI is InChI=1S/C43H42F3N7O4/c44-43(45,46)40-35(41(56)50-24-30-18-27-15-28(19-30)17-29(16-27)21-39(54)55)7-8-37(51-40)36-25-53(31-4-1-3-26(20-31)23-47)38-22-33(5-6-34(36)38)57-32-9-13-52(14-10-32)42-48-11-2-12-49-42/h1-8,11-12,20,22,25,27-30,32H,9-10,13-19,21,24H2,(H,50,56)(H,54,55). The van der Waals surface area contributed by atoms with Crippen LogP contribution in [0, 0.1) is 35.0 Å². The number of piperidine rings is 1. The molecule has 1 aliphatic heterocycles. The average Bonchev–Trinajstić information content (AvgIpc) is 3.58. The maximum atomic E-state index is 14.7. The topological polar surface area (TPSA) is 146 Å². The van der Waals surface area contributed by atoms with E-state index in [9.17, 15) is 33.1 Å². The Morgan fingerprint density at radius 1 is 0.930 bits per heavy atom. The fraction of sp³-hybridized carbons (Fsp3) is 0.395. The second-order valence-electron chi connectivity index (χ2n) is 15.6. The Labute approximate surface area is 327 Å². The number of nitrogens with one attached hydrogen (secondary N) is 1. The van der Waals surface area contributed by atoms with E-state index >= 15 is 0 Å². The molecule has 2 saturated carbocycles. The lowest BCUT2D eigenvalue weighted by Gasteiger charge is -2.42. The summed E-state index contributed by atoms with van der Waals surface area (Å²) >= 11 is 0. The molecule has 2 atom stereocenters. The number of carbonyl (C=O) groups is 2. The molecule has 57 heavy (non-hydrogen) atoms. The first-order valence-electron chi connectivity index (χ1n) is 19.4. The summed E-state index contributed by atoms with van der Waals surface area (Å²) in [6.07, 6.45) is 6.11. The lowest BCUT2D eigenvalue weighted by Crippen LogP contribution is -2.39. The summed E-state index contributed by atoms with van der Waals surface area (Å²) in [7, 11) is 0. The number of carboxylic acid groups (broad SMARTS) is 1. The number of halogens is 3. The molecule has 2 unspecified atom stereocenters. The van der Waals surface area contributed by atoms with Gasteiger partial charge in [0.25, 0.3) is 5.91 Å². The first-order valence-corrected chi connectivity index (χ1v) is 19.4. The molecule has 0 radical (unpaired) electrons. The van der Waals surface area contributed by atoms with Gasteiger partial charge >= 0.3 is 12.1 Å². The number of fused-ring (bicyclic) bond motifs is 3. The van der Waals surface area contributed by atoms with Gasteiger partial charge in [0.1, 0.15) is 11.9 Å². The number of anilines is 1. The molecule has 3 aliphatic rings. The largest absolute Gasteiger partial charge is 0.490 e. The number of nitrogens with zero attached hydrogens (tertiary/aromatic N) is 6. The Bertz CT molecular complexity index is 2300. The van der Waals surface area contributed by atoms with Crippen molar-refractivity contribution in [2.24, 2.45) is 23.7 Å². The van der Waals surface area contributed by atoms with Crippen molar-refractivity contribution < 1.29 is 32.6 Å². The van der Waals surface area contributed by atoms with Crippen molar-refractivity contribution in [1.29, 1.82) is 5.26 Å². The minimum Gasteiger partial charge on any atom is -0.490 e. The Morgan fingerprint density at radius 3 is 2.37 bits per heavy atom. The van der Waals surface area contributed by atoms with Gasteiger partial charge in [-0.2, -0.15) is 18.4 Å². The molecule has 3 aromatic heterocycles. The van der Waals surface area contributed by atoms with Crippen LogP contribution >= 0.6 is 0 Å². The maximum Gasteiger partial charge on any atom is 0.434 e. The summed E-state index contributed by atoms with van der Waals surface area (Å²) < 4.78 is 52.4. The highest BCUT2D eigenvalue weighted by atomic mass is 19.4. The fourth-order valence-electron chi connectivity index (χ4n) is 9.29. The summed E-state index contributed by atoms with van der Waals surface area (Å²) in [5.74, 6) is 0.626. The van der Waals surface area contributed by atoms with E-state index in [1.165, 1.54) is 12.1 Å². The summed E-state index contributed by atoms with van der Waals surface area (Å²) in [4.78, 5) is 39.6. The molecule has 2 bridgehead atoms. The molecule has 0 spiro atoms. The van der Waals surface area contributed by atoms with E-state index in [0.29, 0.717) is 51.3 Å². The molecule has 1 saturated heterocycles. The van der Waals surface area contributed by atoms with Gasteiger partial charge in [-0.05, 0) is 104 Å². The number of alkyl halides is 3. The minimum absolute atomic E-state index is 0.0410. The molecule has 11 nitrogen and oxygen atoms in total. The molecule has 3 fully saturated rings. The van der Waals surface area contributed by atoms with Gasteiger partial charge in [0, 0.05) is 80.2 Å². The van der Waals surface area contributed by atoms with E-state index in [-0.39, 0.29) is 36.6 Å². The van der Waals surface area contributed by atoms with Crippen molar-refractivity contribution in [3.05, 3.63) is 96.1 Å². The number of carboxylic acids is 1. The number of aromatic nitrogens is 4. The molecule has 1 amide bonds. The highest BCUT2D eigenvalue weighted by Gasteiger charge is 2.39. The van der Waals surface area contributed by atoms with Crippen molar-refractivity contribution in [1.82, 2.24) is 24.8 Å². The summed E-state index contributed by atoms with van der Waals surface area (Å²) in [5, 5.41) is 22.3. The number of ether oxygens (including phenoxy) is 1. The van der Waals surface area contributed by atoms with E-state index in [0.717, 1.165) is 58.0 Å². The number of aliphatic carboxylic acids is 1. The molecular formula is C43H42F3N7O4. The van der Waals surface area contributed by atoms with Crippen LogP contribution in [0.5, 0.6) is 5.75 Å². The van der Waals surface area contributed by atoms with Crippen LogP contribution in [0.4, 0.5) is 19.1 Å². The molecule has 4 heterocycles. The van der Waals surface area contributed by atoms with Crippen molar-refractivity contribution in [3.8, 4) is 28.8 Å². The van der Waals surface area contributed by atoms with Gasteiger partial charge in [0.2, 0.25) is 5.95 Å². The zero-order chi connectivity index (χ0) is 39.7. The molecule has 5 aromatic rings. The summed E-state index contributed by atoms with van der Waals surface area (Å²) in [6, 6.07) is 18.9. The van der Waals surface area contributed by atoms with Gasteiger partial charge in [0.05, 0.1) is 28.4 Å². The number of hydrogen-bond donors (Lipinski definition) is 2. The third-order valence-electron chi connectivity index (χ3n) is 11.6. The monoisotopic (exact) mass is 777 g/mol. The molecule has 8 rings (SSSR count). The lowest BCUT2D eigenvalue weighted by molar-refractivity contribution is -0.141. The number of nitriles is 1. The van der Waals surface area contributed by atoms with Crippen LogP contribution in [0.15, 0.2) is 79.3 Å². The van der Waals surface area contributed by atoms with E-state index < -0.39 is 29.3 Å². The zero-order valence-electron chi connectivity index (χ0n) is 31.2. The van der Waals surface area contributed by atoms with Gasteiger partial charge < -0.3 is 24.6 Å². The second-order valence-corrected chi connectivity index (χ2v) is 15.6. The number of rotatable bonds is 10. The van der Waals surface area contributed by atoms with Crippen LogP contribution in [0.25, 0.3) is 27.8 Å². The molecule has 14 heteroatoms. The average molecular weight is 778 g/mol. The molecule has 2 aliphatic carbocycles. The molecule has 2 aromatic carbocycles. The van der Waals surface area contributed by atoms with Crippen LogP contribution < -0.4 is 15.0 Å². The Kier molecular flexibility index (Phi) is 10.6. The third-order valence-corrected chi connectivity index (χ3v) is 11.6. The van der Waals surface area contributed by atoms with E-state index in [4.69, 9.17) is 4.74 Å². The van der Waals surface area contributed by atoms with Gasteiger partial charge in [-0.25, -0.2) is 15.0 Å². The van der Waals surface area contributed by atoms with Gasteiger partial charge in [-0.3, -0.25) is 9.59 Å². The smallest absolute Gasteiger partial charge is 0.434 e. The van der Waals surface area contributed by atoms with E-state index in [1.807, 2.05) is 16.7 Å². The molecule has 294 valence electrons. The van der Waals surface area contributed by atoms with Crippen LogP contribution in [0.3, 0.4) is 0 Å². The number of hydrogen-bond acceptors (Lipinski definition) is 8. The number of pyridine rings is 1. The number of benzene rings is 2. The predicted octanol–water partition coefficient (Wildman–Crippen LogP) is 8.07. The van der Waals surface area contributed by atoms with E-state index in [2.05, 4.69) is 31.2 Å². The third kappa shape index (κ3) is 8.43. The zero-order valence-corrected chi connectivity index (χ0v) is 31.2. The van der Waals surface area contributed by atoms with Crippen LogP contribution in [0.1, 0.15) is 73.0 Å². The number of carbonyl (C=O) groups excluding carboxylic acids is 1. The van der Waals surface area contributed by atoms with Gasteiger partial charge in [-0.1, -0.05) is 6.07 Å². The Morgan fingerprint density at radius 2 is 1.67 bits per heavy atom. The highest BCUT2D eigenvalue weighted by Crippen LogP contribution is 2.46. The quantitative estimate of drug-likeness (QED) is 0.144. The predicted molar refractivity (Wildman–Crippen MR) is 206 cm³/mol. The van der Waals surface area contributed by atoms with Gasteiger partial charge in [0.15, 0.2) is 5.69 Å². The SMILES string of the molecule is N#Cc1cccc(-n2cc(-c3ccc(C(=O)NCC4CC5CC(CC(=O)O)CC(C4)C5)c(C(F)(F)F)n3)c3ccc(OC4CCN(c5ncccn5)CC4)cc32)c1. The van der Waals surface area contributed by atoms with Crippen LogP contribution in [-0.2, 0) is 11.0 Å². The molecule has 2 N–H and O–H groups in total. The van der Waals surface area contributed by atoms with Crippen molar-refractivity contribution in [2.75, 3.05) is 24.5 Å². The fourth-order valence-corrected chi connectivity index (χ4v) is 9.29. The van der Waals surface area contributed by atoms with Gasteiger partial charge in [-0.15, -0.1) is 0 Å². The highest BCUT2D eigenvalue weighted by molar-refractivity contribution is 5.99. The van der Waals surface area contributed by atoms with Crippen molar-refractivity contribution in [3.63, 3.8) is 0 Å². The Balaban J connectivity index is 1.04. The first-order chi connectivity index (χ1) is 27.5. The number of amides is 1. The lowest BCUT2D eigenvalue weighted by atomic mass is 9.64. The van der Waals surface area contributed by atoms with E-state index in [1.54, 1.807) is 55.0 Å². The molecular weight excluding hydrogens is 736 g/mol. The van der Waals surface area contributed by atoms with Crippen LogP contribution in [-0.4, -0.2) is 62.2 Å². The van der Waals surface area contributed by atoms with Crippen molar-refractivity contribution >= 4 is 28.7 Å². The van der Waals surface area contributed by atoms with Crippen molar-refractivity contribution in [2.45, 2.75) is 63.6 Å². The second kappa shape index (κ2) is 15.9. The normalized spacial score (nSPS) is 21.2.